The number of carbonyl (C=O) groups excluding carboxylic acids is 1. The number of amides is 1. The zero-order valence-electron chi connectivity index (χ0n) is 16.0. The average Bonchev–Trinajstić information content (AvgIpc) is 2.73. The molecule has 0 radical (unpaired) electrons. The Bertz CT molecular complexity index is 748. The number of aliphatic hydroxyl groups excluding tert-OH is 1. The number of hydrogen-bond acceptors (Lipinski definition) is 6. The summed E-state index contributed by atoms with van der Waals surface area (Å²) in [7, 11) is 1.53. The molecule has 0 bridgehead atoms. The van der Waals surface area contributed by atoms with Gasteiger partial charge >= 0.3 is 6.09 Å². The molecule has 6 nitrogen and oxygen atoms in total. The van der Waals surface area contributed by atoms with Crippen molar-refractivity contribution in [2.75, 3.05) is 31.9 Å². The van der Waals surface area contributed by atoms with Crippen LogP contribution in [0.2, 0.25) is 0 Å². The highest BCUT2D eigenvalue weighted by Gasteiger charge is 2.25. The van der Waals surface area contributed by atoms with Gasteiger partial charge in [-0.25, -0.2) is 4.79 Å². The molecule has 0 spiro atoms. The third-order valence-electron chi connectivity index (χ3n) is 3.94. The maximum atomic E-state index is 12.4. The molecule has 0 unspecified atom stereocenters. The summed E-state index contributed by atoms with van der Waals surface area (Å²) in [6.45, 7) is 3.91. The van der Waals surface area contributed by atoms with Crippen LogP contribution < -0.4 is 10.1 Å². The van der Waals surface area contributed by atoms with Crippen molar-refractivity contribution in [3.8, 4) is 5.75 Å². The third-order valence-corrected chi connectivity index (χ3v) is 4.69. The van der Waals surface area contributed by atoms with Gasteiger partial charge in [-0.05, 0) is 48.2 Å². The molecular formula is C21H25NO5S. The van der Waals surface area contributed by atoms with Crippen LogP contribution in [0.3, 0.4) is 0 Å². The van der Waals surface area contributed by atoms with Crippen LogP contribution in [0.5, 0.6) is 5.75 Å². The van der Waals surface area contributed by atoms with Crippen molar-refractivity contribution in [2.24, 2.45) is 0 Å². The molecule has 7 heteroatoms. The van der Waals surface area contributed by atoms with Crippen LogP contribution >= 0.6 is 11.8 Å². The van der Waals surface area contributed by atoms with E-state index in [2.05, 4.69) is 11.9 Å². The fourth-order valence-corrected chi connectivity index (χ4v) is 2.93. The first-order valence-electron chi connectivity index (χ1n) is 8.72. The van der Waals surface area contributed by atoms with Gasteiger partial charge in [-0.2, -0.15) is 0 Å². The number of hydrogen-bond donors (Lipinski definition) is 2. The highest BCUT2D eigenvalue weighted by Crippen LogP contribution is 2.27. The van der Waals surface area contributed by atoms with Crippen LogP contribution in [0.25, 0.3) is 0 Å². The van der Waals surface area contributed by atoms with Crippen LogP contribution in [0.4, 0.5) is 10.5 Å². The summed E-state index contributed by atoms with van der Waals surface area (Å²) in [5.41, 5.74) is 1.37. The van der Waals surface area contributed by atoms with E-state index in [9.17, 15) is 4.79 Å². The Balaban J connectivity index is 2.11. The van der Waals surface area contributed by atoms with Gasteiger partial charge in [0.05, 0.1) is 6.61 Å². The standard InChI is InChI=1S/C21H25NO5S/c1-4-19(25-2)20(15-5-9-17(10-6-15)26-14-13-23)27-21(24)22-16-7-11-18(28-3)12-8-16/h4-12,19-20,23H,1,13-14H2,2-3H3,(H,22,24)/t19-,20-/m1/s1. The van der Waals surface area contributed by atoms with E-state index in [0.717, 1.165) is 10.5 Å². The molecule has 2 aromatic rings. The molecule has 0 aliphatic heterocycles. The predicted octanol–water partition coefficient (Wildman–Crippen LogP) is 4.27. The number of anilines is 1. The number of benzene rings is 2. The number of aliphatic hydroxyl groups is 1. The molecule has 28 heavy (non-hydrogen) atoms. The van der Waals surface area contributed by atoms with Crippen LogP contribution in [-0.2, 0) is 9.47 Å². The molecule has 0 heterocycles. The van der Waals surface area contributed by atoms with E-state index in [1.165, 1.54) is 7.11 Å². The number of ether oxygens (including phenoxy) is 3. The first-order chi connectivity index (χ1) is 13.6. The number of rotatable bonds is 10. The fraction of sp³-hybridized carbons (Fsp3) is 0.286. The quantitative estimate of drug-likeness (QED) is 0.456. The molecule has 2 atom stereocenters. The molecule has 0 aliphatic carbocycles. The van der Waals surface area contributed by atoms with Crippen molar-refractivity contribution in [3.63, 3.8) is 0 Å². The lowest BCUT2D eigenvalue weighted by atomic mass is 10.0. The zero-order valence-corrected chi connectivity index (χ0v) is 16.8. The van der Waals surface area contributed by atoms with Gasteiger partial charge in [-0.3, -0.25) is 5.32 Å². The van der Waals surface area contributed by atoms with Gasteiger partial charge in [-0.1, -0.05) is 18.2 Å². The van der Waals surface area contributed by atoms with Crippen molar-refractivity contribution in [3.05, 3.63) is 66.7 Å². The molecular weight excluding hydrogens is 378 g/mol. The van der Waals surface area contributed by atoms with Gasteiger partial charge in [0.25, 0.3) is 0 Å². The number of nitrogens with one attached hydrogen (secondary N) is 1. The van der Waals surface area contributed by atoms with E-state index in [1.54, 1.807) is 42.1 Å². The van der Waals surface area contributed by atoms with E-state index >= 15 is 0 Å². The van der Waals surface area contributed by atoms with Crippen LogP contribution in [0.15, 0.2) is 66.1 Å². The maximum absolute atomic E-state index is 12.4. The lowest BCUT2D eigenvalue weighted by Gasteiger charge is -2.24. The Hall–Kier alpha value is -2.48. The molecule has 150 valence electrons. The molecule has 2 rings (SSSR count). The molecule has 0 saturated heterocycles. The van der Waals surface area contributed by atoms with Crippen molar-refractivity contribution < 1.29 is 24.1 Å². The van der Waals surface area contributed by atoms with E-state index in [4.69, 9.17) is 19.3 Å². The van der Waals surface area contributed by atoms with E-state index < -0.39 is 18.3 Å². The molecule has 0 fully saturated rings. The summed E-state index contributed by atoms with van der Waals surface area (Å²) >= 11 is 1.62. The second kappa shape index (κ2) is 11.4. The molecule has 2 aromatic carbocycles. The normalized spacial score (nSPS) is 12.7. The second-order valence-corrected chi connectivity index (χ2v) is 6.64. The Kier molecular flexibility index (Phi) is 8.87. The van der Waals surface area contributed by atoms with Gasteiger partial charge in [0, 0.05) is 17.7 Å². The van der Waals surface area contributed by atoms with Crippen LogP contribution in [-0.4, -0.2) is 43.9 Å². The smallest absolute Gasteiger partial charge is 0.412 e. The predicted molar refractivity (Wildman–Crippen MR) is 111 cm³/mol. The molecule has 2 N–H and O–H groups in total. The number of carbonyl (C=O) groups is 1. The van der Waals surface area contributed by atoms with E-state index in [0.29, 0.717) is 11.4 Å². The minimum absolute atomic E-state index is 0.0617. The van der Waals surface area contributed by atoms with E-state index in [-0.39, 0.29) is 13.2 Å². The Morgan fingerprint density at radius 2 is 1.89 bits per heavy atom. The number of thioether (sulfide) groups is 1. The van der Waals surface area contributed by atoms with Gasteiger partial charge in [0.1, 0.15) is 18.5 Å². The van der Waals surface area contributed by atoms with Crippen LogP contribution in [0.1, 0.15) is 11.7 Å². The van der Waals surface area contributed by atoms with Gasteiger partial charge in [-0.15, -0.1) is 18.3 Å². The second-order valence-electron chi connectivity index (χ2n) is 5.76. The first-order valence-corrected chi connectivity index (χ1v) is 9.94. The summed E-state index contributed by atoms with van der Waals surface area (Å²) in [5, 5.41) is 11.6. The lowest BCUT2D eigenvalue weighted by Crippen LogP contribution is -2.26. The van der Waals surface area contributed by atoms with Crippen molar-refractivity contribution >= 4 is 23.5 Å². The van der Waals surface area contributed by atoms with Crippen LogP contribution in [0, 0.1) is 0 Å². The first kappa shape index (κ1) is 21.8. The molecule has 1 amide bonds. The molecule has 0 saturated carbocycles. The van der Waals surface area contributed by atoms with Crippen molar-refractivity contribution in [1.29, 1.82) is 0 Å². The van der Waals surface area contributed by atoms with Gasteiger partial charge in [0.15, 0.2) is 6.10 Å². The fourth-order valence-electron chi connectivity index (χ4n) is 2.52. The highest BCUT2D eigenvalue weighted by molar-refractivity contribution is 7.98. The SMILES string of the molecule is C=C[C@@H](OC)[C@H](OC(=O)Nc1ccc(SC)cc1)c1ccc(OCCO)cc1. The van der Waals surface area contributed by atoms with Crippen molar-refractivity contribution in [2.45, 2.75) is 17.1 Å². The Morgan fingerprint density at radius 3 is 2.43 bits per heavy atom. The van der Waals surface area contributed by atoms with E-state index in [1.807, 2.05) is 30.5 Å². The minimum Gasteiger partial charge on any atom is -0.491 e. The summed E-state index contributed by atoms with van der Waals surface area (Å²) in [6, 6.07) is 14.5. The third kappa shape index (κ3) is 6.30. The zero-order chi connectivity index (χ0) is 20.4. The monoisotopic (exact) mass is 403 g/mol. The summed E-state index contributed by atoms with van der Waals surface area (Å²) in [6.07, 6.45) is 1.78. The topological polar surface area (TPSA) is 77.0 Å². The largest absolute Gasteiger partial charge is 0.491 e. The summed E-state index contributed by atoms with van der Waals surface area (Å²) < 4.78 is 16.4. The number of methoxy groups -OCH3 is 1. The molecule has 0 aromatic heterocycles. The summed E-state index contributed by atoms with van der Waals surface area (Å²) in [5.74, 6) is 0.613. The molecule has 0 aliphatic rings. The average molecular weight is 404 g/mol. The van der Waals surface area contributed by atoms with Gasteiger partial charge in [0.2, 0.25) is 0 Å². The minimum atomic E-state index is -0.681. The Labute approximate surface area is 169 Å². The maximum Gasteiger partial charge on any atom is 0.412 e. The summed E-state index contributed by atoms with van der Waals surface area (Å²) in [4.78, 5) is 13.5. The van der Waals surface area contributed by atoms with Gasteiger partial charge < -0.3 is 19.3 Å². The van der Waals surface area contributed by atoms with Crippen molar-refractivity contribution in [1.82, 2.24) is 0 Å². The highest BCUT2D eigenvalue weighted by atomic mass is 32.2. The Morgan fingerprint density at radius 1 is 1.21 bits per heavy atom. The lowest BCUT2D eigenvalue weighted by molar-refractivity contribution is 0.00600.